The predicted octanol–water partition coefficient (Wildman–Crippen LogP) is 1.50. The number of aliphatic hydroxyl groups excluding tert-OH is 1. The summed E-state index contributed by atoms with van der Waals surface area (Å²) in [6.07, 6.45) is -3.68. The smallest absolute Gasteiger partial charge is 0.396 e. The Bertz CT molecular complexity index is 436. The Kier molecular flexibility index (Phi) is 3.34. The second kappa shape index (κ2) is 4.64. The number of nitrogens with zero attached hydrogens (tertiary/aromatic N) is 2. The van der Waals surface area contributed by atoms with Crippen LogP contribution in [0.1, 0.15) is 12.0 Å². The Balaban J connectivity index is 2.26. The molecule has 0 bridgehead atoms. The third-order valence-corrected chi connectivity index (χ3v) is 3.03. The van der Waals surface area contributed by atoms with E-state index in [9.17, 15) is 13.2 Å². The summed E-state index contributed by atoms with van der Waals surface area (Å²) in [6, 6.07) is 1.82. The lowest BCUT2D eigenvalue weighted by Crippen LogP contribution is -2.22. The van der Waals surface area contributed by atoms with Gasteiger partial charge in [-0.3, -0.25) is 0 Å². The van der Waals surface area contributed by atoms with E-state index in [0.717, 1.165) is 18.6 Å². The molecule has 1 fully saturated rings. The number of aromatic nitrogens is 1. The monoisotopic (exact) mass is 261 g/mol. The maximum absolute atomic E-state index is 12.6. The summed E-state index contributed by atoms with van der Waals surface area (Å²) in [4.78, 5) is 5.63. The van der Waals surface area contributed by atoms with Crippen LogP contribution in [-0.2, 0) is 6.18 Å². The minimum absolute atomic E-state index is 0.0327. The van der Waals surface area contributed by atoms with Crippen molar-refractivity contribution in [3.05, 3.63) is 17.7 Å². The summed E-state index contributed by atoms with van der Waals surface area (Å²) >= 11 is 0. The Morgan fingerprint density at radius 1 is 1.44 bits per heavy atom. The normalized spacial score (nSPS) is 20.4. The molecule has 0 aliphatic carbocycles. The summed E-state index contributed by atoms with van der Waals surface area (Å²) in [5, 5.41) is 9.02. The first-order chi connectivity index (χ1) is 8.40. The average Bonchev–Trinajstić information content (AvgIpc) is 2.75. The maximum Gasteiger partial charge on any atom is 0.416 e. The third-order valence-electron chi connectivity index (χ3n) is 3.03. The van der Waals surface area contributed by atoms with Crippen LogP contribution >= 0.6 is 0 Å². The highest BCUT2D eigenvalue weighted by molar-refractivity contribution is 5.50. The van der Waals surface area contributed by atoms with Crippen molar-refractivity contribution in [1.29, 1.82) is 0 Å². The fourth-order valence-electron chi connectivity index (χ4n) is 2.05. The Labute approximate surface area is 102 Å². The SMILES string of the molecule is Nc1cc(C(F)(F)F)cc(N2CCC(CO)C2)n1. The molecule has 1 saturated heterocycles. The van der Waals surface area contributed by atoms with E-state index in [-0.39, 0.29) is 24.2 Å². The van der Waals surface area contributed by atoms with Crippen molar-refractivity contribution in [3.63, 3.8) is 0 Å². The fraction of sp³-hybridized carbons (Fsp3) is 0.545. The van der Waals surface area contributed by atoms with Gasteiger partial charge in [0.25, 0.3) is 0 Å². The minimum Gasteiger partial charge on any atom is -0.396 e. The van der Waals surface area contributed by atoms with Gasteiger partial charge >= 0.3 is 6.18 Å². The van der Waals surface area contributed by atoms with Gasteiger partial charge in [0.15, 0.2) is 0 Å². The van der Waals surface area contributed by atoms with Crippen molar-refractivity contribution in [2.75, 3.05) is 30.3 Å². The average molecular weight is 261 g/mol. The molecule has 0 amide bonds. The number of nitrogen functional groups attached to an aromatic ring is 1. The van der Waals surface area contributed by atoms with Gasteiger partial charge in [-0.15, -0.1) is 0 Å². The van der Waals surface area contributed by atoms with Gasteiger partial charge < -0.3 is 15.7 Å². The van der Waals surface area contributed by atoms with Gasteiger partial charge in [-0.2, -0.15) is 13.2 Å². The quantitative estimate of drug-likeness (QED) is 0.847. The molecule has 100 valence electrons. The van der Waals surface area contributed by atoms with Gasteiger partial charge in [-0.05, 0) is 18.6 Å². The van der Waals surface area contributed by atoms with Crippen LogP contribution in [0.3, 0.4) is 0 Å². The molecule has 1 aliphatic rings. The zero-order chi connectivity index (χ0) is 13.3. The van der Waals surface area contributed by atoms with Crippen molar-refractivity contribution >= 4 is 11.6 Å². The van der Waals surface area contributed by atoms with E-state index in [0.29, 0.717) is 13.1 Å². The molecule has 2 rings (SSSR count). The molecular weight excluding hydrogens is 247 g/mol. The van der Waals surface area contributed by atoms with Crippen molar-refractivity contribution in [2.45, 2.75) is 12.6 Å². The van der Waals surface area contributed by atoms with Crippen LogP contribution in [0.4, 0.5) is 24.8 Å². The molecule has 0 spiro atoms. The zero-order valence-electron chi connectivity index (χ0n) is 9.61. The number of aliphatic hydroxyl groups is 1. The van der Waals surface area contributed by atoms with Crippen LogP contribution in [0.25, 0.3) is 0 Å². The molecule has 3 N–H and O–H groups in total. The van der Waals surface area contributed by atoms with Crippen molar-refractivity contribution in [3.8, 4) is 0 Å². The Morgan fingerprint density at radius 2 is 2.17 bits per heavy atom. The molecule has 1 unspecified atom stereocenters. The van der Waals surface area contributed by atoms with Crippen LogP contribution in [0.5, 0.6) is 0 Å². The number of hydrogen-bond donors (Lipinski definition) is 2. The second-order valence-electron chi connectivity index (χ2n) is 4.42. The third kappa shape index (κ3) is 2.66. The first-order valence-electron chi connectivity index (χ1n) is 5.60. The molecule has 18 heavy (non-hydrogen) atoms. The van der Waals surface area contributed by atoms with Crippen molar-refractivity contribution in [1.82, 2.24) is 4.98 Å². The van der Waals surface area contributed by atoms with E-state index in [1.807, 2.05) is 0 Å². The van der Waals surface area contributed by atoms with Crippen LogP contribution in [-0.4, -0.2) is 29.8 Å². The molecule has 4 nitrogen and oxygen atoms in total. The van der Waals surface area contributed by atoms with Crippen LogP contribution in [0.15, 0.2) is 12.1 Å². The summed E-state index contributed by atoms with van der Waals surface area (Å²) in [5.74, 6) is 0.160. The molecule has 1 aliphatic heterocycles. The number of alkyl halides is 3. The molecule has 2 heterocycles. The number of pyridine rings is 1. The predicted molar refractivity (Wildman–Crippen MR) is 61.1 cm³/mol. The molecule has 0 saturated carbocycles. The van der Waals surface area contributed by atoms with Crippen molar-refractivity contribution < 1.29 is 18.3 Å². The lowest BCUT2D eigenvalue weighted by atomic mass is 10.1. The van der Waals surface area contributed by atoms with Gasteiger partial charge in [-0.1, -0.05) is 0 Å². The minimum atomic E-state index is -4.43. The van der Waals surface area contributed by atoms with Crippen LogP contribution in [0, 0.1) is 5.92 Å². The molecular formula is C11H14F3N3O. The summed E-state index contributed by atoms with van der Waals surface area (Å²) in [6.45, 7) is 1.12. The number of hydrogen-bond acceptors (Lipinski definition) is 4. The fourth-order valence-corrected chi connectivity index (χ4v) is 2.05. The first-order valence-corrected chi connectivity index (χ1v) is 5.60. The Hall–Kier alpha value is -1.50. The highest BCUT2D eigenvalue weighted by Crippen LogP contribution is 2.33. The van der Waals surface area contributed by atoms with E-state index in [2.05, 4.69) is 4.98 Å². The maximum atomic E-state index is 12.6. The highest BCUT2D eigenvalue weighted by Gasteiger charge is 2.32. The van der Waals surface area contributed by atoms with Crippen LogP contribution in [0.2, 0.25) is 0 Å². The van der Waals surface area contributed by atoms with Crippen LogP contribution < -0.4 is 10.6 Å². The molecule has 1 aromatic heterocycles. The number of rotatable bonds is 2. The van der Waals surface area contributed by atoms with Gasteiger partial charge in [-0.25, -0.2) is 4.98 Å². The lowest BCUT2D eigenvalue weighted by Gasteiger charge is -2.19. The summed E-state index contributed by atoms with van der Waals surface area (Å²) < 4.78 is 37.9. The van der Waals surface area contributed by atoms with Crippen molar-refractivity contribution in [2.24, 2.45) is 5.92 Å². The first kappa shape index (κ1) is 12.9. The zero-order valence-corrected chi connectivity index (χ0v) is 9.61. The van der Waals surface area contributed by atoms with E-state index >= 15 is 0 Å². The van der Waals surface area contributed by atoms with Gasteiger partial charge in [0.05, 0.1) is 5.56 Å². The number of anilines is 2. The van der Waals surface area contributed by atoms with E-state index in [4.69, 9.17) is 10.8 Å². The van der Waals surface area contributed by atoms with E-state index < -0.39 is 11.7 Å². The van der Waals surface area contributed by atoms with Gasteiger partial charge in [0.1, 0.15) is 11.6 Å². The topological polar surface area (TPSA) is 62.4 Å². The number of nitrogens with two attached hydrogens (primary N) is 1. The molecule has 0 aromatic carbocycles. The number of halogens is 3. The lowest BCUT2D eigenvalue weighted by molar-refractivity contribution is -0.137. The highest BCUT2D eigenvalue weighted by atomic mass is 19.4. The van der Waals surface area contributed by atoms with Gasteiger partial charge in [0, 0.05) is 25.6 Å². The molecule has 1 atom stereocenters. The van der Waals surface area contributed by atoms with Gasteiger partial charge in [0.2, 0.25) is 0 Å². The largest absolute Gasteiger partial charge is 0.416 e. The summed E-state index contributed by atoms with van der Waals surface area (Å²) in [5.41, 5.74) is 4.61. The Morgan fingerprint density at radius 3 is 2.72 bits per heavy atom. The molecule has 7 heteroatoms. The second-order valence-corrected chi connectivity index (χ2v) is 4.42. The van der Waals surface area contributed by atoms with E-state index in [1.165, 1.54) is 0 Å². The summed E-state index contributed by atoms with van der Waals surface area (Å²) in [7, 11) is 0. The molecule has 1 aromatic rings. The molecule has 0 radical (unpaired) electrons. The standard InChI is InChI=1S/C11H14F3N3O/c12-11(13,14)8-3-9(15)16-10(4-8)17-2-1-7(5-17)6-18/h3-4,7,18H,1-2,5-6H2,(H2,15,16). The van der Waals surface area contributed by atoms with E-state index in [1.54, 1.807) is 4.90 Å².